The fourth-order valence-electron chi connectivity index (χ4n) is 2.47. The molecule has 1 heterocycles. The zero-order chi connectivity index (χ0) is 21.5. The molecule has 2 aromatic carbocycles. The Balaban J connectivity index is 1.56. The third-order valence-corrected chi connectivity index (χ3v) is 5.06. The number of carboxylic acid groups (broad SMARTS) is 1. The summed E-state index contributed by atoms with van der Waals surface area (Å²) in [6, 6.07) is 12.5. The van der Waals surface area contributed by atoms with E-state index < -0.39 is 22.9 Å². The zero-order valence-electron chi connectivity index (χ0n) is 15.5. The normalized spacial score (nSPS) is 17.7. The minimum atomic E-state index is -1.05. The lowest BCUT2D eigenvalue weighted by atomic mass is 10.1. The summed E-state index contributed by atoms with van der Waals surface area (Å²) in [4.78, 5) is 34.4. The topological polar surface area (TPSA) is 108 Å². The van der Waals surface area contributed by atoms with Gasteiger partial charge in [-0.25, -0.2) is 4.39 Å². The second-order valence-corrected chi connectivity index (χ2v) is 7.41. The highest BCUT2D eigenvalue weighted by Crippen LogP contribution is 2.22. The predicted molar refractivity (Wildman–Crippen MR) is 113 cm³/mol. The van der Waals surface area contributed by atoms with Gasteiger partial charge >= 0.3 is 5.97 Å². The molecule has 1 aliphatic rings. The van der Waals surface area contributed by atoms with Crippen LogP contribution < -0.4 is 5.32 Å². The summed E-state index contributed by atoms with van der Waals surface area (Å²) in [6.07, 6.45) is 4.27. The van der Waals surface area contributed by atoms with Gasteiger partial charge in [0.15, 0.2) is 11.0 Å². The highest BCUT2D eigenvalue weighted by atomic mass is 32.2. The number of allylic oxidation sites excluding steroid dienone is 1. The molecule has 3 rings (SSSR count). The number of amidine groups is 1. The van der Waals surface area contributed by atoms with Crippen molar-refractivity contribution in [2.75, 3.05) is 0 Å². The molecule has 152 valence electrons. The molecule has 1 unspecified atom stereocenters. The summed E-state index contributed by atoms with van der Waals surface area (Å²) >= 11 is 1.03. The molecule has 2 aromatic rings. The quantitative estimate of drug-likeness (QED) is 0.307. The predicted octanol–water partition coefficient (Wildman–Crippen LogP) is 3.12. The minimum absolute atomic E-state index is 0.228. The van der Waals surface area contributed by atoms with E-state index in [4.69, 9.17) is 5.11 Å². The van der Waals surface area contributed by atoms with E-state index in [0.29, 0.717) is 5.56 Å². The van der Waals surface area contributed by atoms with E-state index in [1.54, 1.807) is 30.3 Å². The number of hydrogen-bond acceptors (Lipinski definition) is 6. The van der Waals surface area contributed by atoms with Crippen molar-refractivity contribution >= 4 is 46.9 Å². The van der Waals surface area contributed by atoms with Crippen molar-refractivity contribution in [2.45, 2.75) is 11.7 Å². The summed E-state index contributed by atoms with van der Waals surface area (Å²) < 4.78 is 12.9. The van der Waals surface area contributed by atoms with Crippen LogP contribution in [0.25, 0.3) is 6.08 Å². The van der Waals surface area contributed by atoms with E-state index in [0.717, 1.165) is 22.9 Å². The van der Waals surface area contributed by atoms with E-state index in [-0.39, 0.29) is 17.4 Å². The van der Waals surface area contributed by atoms with Gasteiger partial charge in [0.2, 0.25) is 5.91 Å². The molecule has 0 aromatic heterocycles. The average molecular weight is 425 g/mol. The lowest BCUT2D eigenvalue weighted by molar-refractivity contribution is -0.138. The second-order valence-electron chi connectivity index (χ2n) is 6.21. The van der Waals surface area contributed by atoms with E-state index in [1.807, 2.05) is 0 Å². The molecule has 9 heteroatoms. The highest BCUT2D eigenvalue weighted by Gasteiger charge is 2.32. The number of amides is 1. The Morgan fingerprint density at radius 3 is 2.43 bits per heavy atom. The summed E-state index contributed by atoms with van der Waals surface area (Å²) in [5.74, 6) is -2.08. The lowest BCUT2D eigenvalue weighted by Gasteiger charge is -1.98. The summed E-state index contributed by atoms with van der Waals surface area (Å²) in [6.45, 7) is 0. The molecule has 1 saturated heterocycles. The first-order valence-corrected chi connectivity index (χ1v) is 9.67. The number of benzene rings is 2. The molecular formula is C21H16FN3O4S. The number of ketones is 1. The summed E-state index contributed by atoms with van der Waals surface area (Å²) in [5.41, 5.74) is 1.94. The minimum Gasteiger partial charge on any atom is -0.481 e. The van der Waals surface area contributed by atoms with Crippen LogP contribution in [0.1, 0.15) is 27.9 Å². The molecule has 0 radical (unpaired) electrons. The van der Waals surface area contributed by atoms with Crippen molar-refractivity contribution in [2.24, 2.45) is 10.2 Å². The number of nitrogens with zero attached hydrogens (tertiary/aromatic N) is 2. The maximum Gasteiger partial charge on any atom is 0.305 e. The largest absolute Gasteiger partial charge is 0.481 e. The van der Waals surface area contributed by atoms with Crippen LogP contribution in [-0.4, -0.2) is 39.4 Å². The van der Waals surface area contributed by atoms with Gasteiger partial charge in [-0.05, 0) is 41.5 Å². The van der Waals surface area contributed by atoms with Gasteiger partial charge in [-0.2, -0.15) is 5.10 Å². The molecule has 0 aliphatic carbocycles. The van der Waals surface area contributed by atoms with Crippen LogP contribution in [-0.2, 0) is 9.59 Å². The molecule has 7 nitrogen and oxygen atoms in total. The molecule has 1 fully saturated rings. The smallest absolute Gasteiger partial charge is 0.305 e. The Kier molecular flexibility index (Phi) is 6.87. The van der Waals surface area contributed by atoms with Crippen LogP contribution in [0.15, 0.2) is 64.8 Å². The van der Waals surface area contributed by atoms with Crippen LogP contribution >= 0.6 is 11.8 Å². The summed E-state index contributed by atoms with van der Waals surface area (Å²) in [5, 5.41) is 18.6. The molecule has 1 amide bonds. The van der Waals surface area contributed by atoms with Gasteiger partial charge in [-0.1, -0.05) is 42.1 Å². The number of hydrogen-bond donors (Lipinski definition) is 2. The molecule has 0 bridgehead atoms. The standard InChI is InChI=1S/C21H16FN3O4S/c22-16-8-6-15(7-9-16)17(26)10-5-13-1-3-14(4-2-13)12-23-25-21-24-20(29)18(30-21)11-19(27)28/h1-10,12,18H,11H2,(H,27,28)(H,24,25,29). The van der Waals surface area contributed by atoms with Gasteiger partial charge in [-0.3, -0.25) is 14.4 Å². The highest BCUT2D eigenvalue weighted by molar-refractivity contribution is 8.15. The lowest BCUT2D eigenvalue weighted by Crippen LogP contribution is -2.26. The summed E-state index contributed by atoms with van der Waals surface area (Å²) in [7, 11) is 0. The Morgan fingerprint density at radius 1 is 1.10 bits per heavy atom. The number of rotatable bonds is 7. The molecule has 1 aliphatic heterocycles. The van der Waals surface area contributed by atoms with E-state index in [2.05, 4.69) is 15.5 Å². The maximum absolute atomic E-state index is 12.9. The van der Waals surface area contributed by atoms with Crippen LogP contribution in [0.3, 0.4) is 0 Å². The van der Waals surface area contributed by atoms with Crippen LogP contribution in [0, 0.1) is 5.82 Å². The van der Waals surface area contributed by atoms with Gasteiger partial charge in [0, 0.05) is 5.56 Å². The Morgan fingerprint density at radius 2 is 1.77 bits per heavy atom. The number of carboxylic acids is 1. The first-order valence-electron chi connectivity index (χ1n) is 8.79. The van der Waals surface area contributed by atoms with Crippen molar-refractivity contribution in [3.05, 3.63) is 77.1 Å². The first kappa shape index (κ1) is 21.1. The van der Waals surface area contributed by atoms with Gasteiger partial charge in [0.25, 0.3) is 0 Å². The third-order valence-electron chi connectivity index (χ3n) is 3.98. The van der Waals surface area contributed by atoms with Gasteiger partial charge < -0.3 is 10.4 Å². The van der Waals surface area contributed by atoms with Crippen LogP contribution in [0.4, 0.5) is 4.39 Å². The first-order chi connectivity index (χ1) is 14.4. The number of aliphatic carboxylic acids is 1. The van der Waals surface area contributed by atoms with Crippen molar-refractivity contribution in [3.63, 3.8) is 0 Å². The van der Waals surface area contributed by atoms with E-state index in [1.165, 1.54) is 36.6 Å². The van der Waals surface area contributed by atoms with Crippen molar-refractivity contribution in [3.8, 4) is 0 Å². The molecule has 1 atom stereocenters. The van der Waals surface area contributed by atoms with Gasteiger partial charge in [0.05, 0.1) is 12.6 Å². The van der Waals surface area contributed by atoms with Crippen molar-refractivity contribution < 1.29 is 23.9 Å². The van der Waals surface area contributed by atoms with Crippen LogP contribution in [0.5, 0.6) is 0 Å². The fraction of sp³-hybridized carbons (Fsp3) is 0.0952. The molecule has 2 N–H and O–H groups in total. The Hall–Kier alpha value is -3.59. The number of carbonyl (C=O) groups excluding carboxylic acids is 2. The van der Waals surface area contributed by atoms with Gasteiger partial charge in [-0.15, -0.1) is 5.10 Å². The number of carbonyl (C=O) groups is 3. The Labute approximate surface area is 175 Å². The van der Waals surface area contributed by atoms with Gasteiger partial charge in [0.1, 0.15) is 11.1 Å². The van der Waals surface area contributed by atoms with E-state index >= 15 is 0 Å². The van der Waals surface area contributed by atoms with Crippen molar-refractivity contribution in [1.82, 2.24) is 5.32 Å². The SMILES string of the molecule is O=C(O)CC1SC(=NN=Cc2ccc(C=CC(=O)c3ccc(F)cc3)cc2)NC1=O. The number of thioether (sulfide) groups is 1. The third kappa shape index (κ3) is 5.95. The van der Waals surface area contributed by atoms with Crippen molar-refractivity contribution in [1.29, 1.82) is 0 Å². The molecular weight excluding hydrogens is 409 g/mol. The second kappa shape index (κ2) is 9.75. The average Bonchev–Trinajstić information content (AvgIpc) is 3.06. The molecule has 0 saturated carbocycles. The molecule has 30 heavy (non-hydrogen) atoms. The monoisotopic (exact) mass is 425 g/mol. The fourth-order valence-corrected chi connectivity index (χ4v) is 3.38. The van der Waals surface area contributed by atoms with E-state index in [9.17, 15) is 18.8 Å². The molecule has 0 spiro atoms. The Bertz CT molecular complexity index is 1050. The number of nitrogens with one attached hydrogen (secondary N) is 1. The maximum atomic E-state index is 12.9. The number of halogens is 1. The zero-order valence-corrected chi connectivity index (χ0v) is 16.3. The van der Waals surface area contributed by atoms with Crippen LogP contribution in [0.2, 0.25) is 0 Å².